The monoisotopic (exact) mass is 422 g/mol. The van der Waals surface area contributed by atoms with Crippen LogP contribution in [0.5, 0.6) is 0 Å². The van der Waals surface area contributed by atoms with Crippen LogP contribution < -0.4 is 10.6 Å². The zero-order valence-corrected chi connectivity index (χ0v) is 16.9. The molecule has 31 heavy (non-hydrogen) atoms. The number of hydrogen-bond acceptors (Lipinski definition) is 5. The fourth-order valence-electron chi connectivity index (χ4n) is 2.68. The van der Waals surface area contributed by atoms with Crippen molar-refractivity contribution in [2.24, 2.45) is 0 Å². The first kappa shape index (κ1) is 23.2. The molecule has 0 radical (unpaired) electrons. The van der Waals surface area contributed by atoms with Crippen molar-refractivity contribution in [2.75, 3.05) is 0 Å². The molecule has 0 aliphatic rings. The maximum Gasteiger partial charge on any atom is 0.408 e. The molecular formula is C22H22N4O5. The number of nitrogens with zero attached hydrogens (tertiary/aromatic N) is 2. The van der Waals surface area contributed by atoms with Gasteiger partial charge in [-0.2, -0.15) is 4.79 Å². The van der Waals surface area contributed by atoms with Crippen molar-refractivity contribution in [3.05, 3.63) is 77.3 Å². The average Bonchev–Trinajstić information content (AvgIpc) is 2.78. The Kier molecular flexibility index (Phi) is 8.82. The van der Waals surface area contributed by atoms with E-state index in [9.17, 15) is 19.2 Å². The second kappa shape index (κ2) is 11.8. The standard InChI is InChI=1S/C22H22N4O5/c1-15(20(28)19(27)13-24-23)25-21(29)18(12-16-8-4-2-5-9-16)26-22(30)31-14-17-10-6-3-7-11-17/h2-11,13,15,18H,12,14H2,1H3,(H,25,29)(H,26,30)/t15-,18+/m0/s1. The number of amides is 2. The Morgan fingerprint density at radius 1 is 0.968 bits per heavy atom. The summed E-state index contributed by atoms with van der Waals surface area (Å²) in [7, 11) is 0. The van der Waals surface area contributed by atoms with Gasteiger partial charge < -0.3 is 20.9 Å². The smallest absolute Gasteiger partial charge is 0.408 e. The number of nitrogens with one attached hydrogen (secondary N) is 2. The number of rotatable bonds is 10. The summed E-state index contributed by atoms with van der Waals surface area (Å²) in [6.07, 6.45) is -0.214. The lowest BCUT2D eigenvalue weighted by Gasteiger charge is -2.20. The van der Waals surface area contributed by atoms with Crippen molar-refractivity contribution >= 4 is 29.8 Å². The van der Waals surface area contributed by atoms with Gasteiger partial charge >= 0.3 is 18.1 Å². The van der Waals surface area contributed by atoms with Crippen molar-refractivity contribution in [1.82, 2.24) is 10.6 Å². The lowest BCUT2D eigenvalue weighted by atomic mass is 10.0. The first-order valence-electron chi connectivity index (χ1n) is 9.47. The molecule has 9 nitrogen and oxygen atoms in total. The zero-order chi connectivity index (χ0) is 22.6. The maximum absolute atomic E-state index is 12.7. The van der Waals surface area contributed by atoms with Crippen LogP contribution in [0.15, 0.2) is 60.7 Å². The Hall–Kier alpha value is -4.10. The Morgan fingerprint density at radius 2 is 1.55 bits per heavy atom. The van der Waals surface area contributed by atoms with E-state index in [4.69, 9.17) is 10.3 Å². The van der Waals surface area contributed by atoms with Gasteiger partial charge in [0.25, 0.3) is 0 Å². The van der Waals surface area contributed by atoms with Crippen molar-refractivity contribution in [1.29, 1.82) is 0 Å². The second-order valence-corrected chi connectivity index (χ2v) is 6.65. The van der Waals surface area contributed by atoms with E-state index in [1.54, 1.807) is 36.4 Å². The molecule has 2 aromatic rings. The van der Waals surface area contributed by atoms with Gasteiger partial charge in [0.05, 0.1) is 6.04 Å². The van der Waals surface area contributed by atoms with Gasteiger partial charge in [-0.15, -0.1) is 0 Å². The van der Waals surface area contributed by atoms with Gasteiger partial charge in [-0.25, -0.2) is 4.79 Å². The Labute approximate surface area is 179 Å². The number of ketones is 2. The van der Waals surface area contributed by atoms with Crippen molar-refractivity contribution in [3.63, 3.8) is 0 Å². The number of ether oxygens (including phenoxy) is 1. The van der Waals surface area contributed by atoms with Gasteiger partial charge in [0.2, 0.25) is 11.7 Å². The molecular weight excluding hydrogens is 400 g/mol. The molecule has 0 saturated carbocycles. The Balaban J connectivity index is 2.05. The van der Waals surface area contributed by atoms with Gasteiger partial charge in [-0.05, 0) is 18.1 Å². The van der Waals surface area contributed by atoms with Crippen LogP contribution in [0.3, 0.4) is 0 Å². The lowest BCUT2D eigenvalue weighted by Crippen LogP contribution is -2.52. The average molecular weight is 422 g/mol. The molecule has 0 heterocycles. The molecule has 2 rings (SSSR count). The highest BCUT2D eigenvalue weighted by atomic mass is 16.5. The number of Topliss-reactive ketones (excluding diaryl/α,β-unsaturated/α-hetero) is 2. The molecule has 0 unspecified atom stereocenters. The maximum atomic E-state index is 12.7. The van der Waals surface area contributed by atoms with Crippen molar-refractivity contribution in [2.45, 2.75) is 32.0 Å². The third-order valence-electron chi connectivity index (χ3n) is 4.27. The summed E-state index contributed by atoms with van der Waals surface area (Å²) in [6, 6.07) is 15.8. The molecule has 160 valence electrons. The Bertz CT molecular complexity index is 972. The molecule has 0 spiro atoms. The molecule has 0 fully saturated rings. The van der Waals surface area contributed by atoms with Crippen LogP contribution in [0, 0.1) is 0 Å². The van der Waals surface area contributed by atoms with Crippen LogP contribution in [0.4, 0.5) is 4.79 Å². The number of alkyl carbamates (subject to hydrolysis) is 1. The largest absolute Gasteiger partial charge is 0.445 e. The van der Waals surface area contributed by atoms with Crippen LogP contribution >= 0.6 is 0 Å². The summed E-state index contributed by atoms with van der Waals surface area (Å²) in [5, 5.41) is 4.89. The van der Waals surface area contributed by atoms with Crippen LogP contribution in [-0.2, 0) is 32.1 Å². The van der Waals surface area contributed by atoms with Gasteiger partial charge in [0, 0.05) is 6.42 Å². The van der Waals surface area contributed by atoms with Crippen LogP contribution in [0.1, 0.15) is 18.1 Å². The van der Waals surface area contributed by atoms with E-state index in [0.29, 0.717) is 6.21 Å². The van der Waals surface area contributed by atoms with E-state index in [1.165, 1.54) is 6.92 Å². The first-order chi connectivity index (χ1) is 14.9. The molecule has 2 amide bonds. The van der Waals surface area contributed by atoms with Crippen LogP contribution in [0.2, 0.25) is 0 Å². The minimum atomic E-state index is -1.18. The molecule has 9 heteroatoms. The van der Waals surface area contributed by atoms with E-state index in [0.717, 1.165) is 11.1 Å². The highest BCUT2D eigenvalue weighted by molar-refractivity contribution is 6.59. The molecule has 2 N–H and O–H groups in total. The molecule has 2 atom stereocenters. The van der Waals surface area contributed by atoms with Gasteiger partial charge in [-0.3, -0.25) is 14.4 Å². The fourth-order valence-corrected chi connectivity index (χ4v) is 2.68. The summed E-state index contributed by atoms with van der Waals surface area (Å²) >= 11 is 0. The highest BCUT2D eigenvalue weighted by Gasteiger charge is 2.28. The molecule has 0 saturated heterocycles. The molecule has 0 bridgehead atoms. The van der Waals surface area contributed by atoms with Gasteiger partial charge in [0.1, 0.15) is 12.6 Å². The Morgan fingerprint density at radius 3 is 2.13 bits per heavy atom. The van der Waals surface area contributed by atoms with Crippen molar-refractivity contribution in [3.8, 4) is 0 Å². The van der Waals surface area contributed by atoms with E-state index in [-0.39, 0.29) is 13.0 Å². The molecule has 0 aromatic heterocycles. The van der Waals surface area contributed by atoms with Crippen LogP contribution in [0.25, 0.3) is 5.53 Å². The quantitative estimate of drug-likeness (QED) is 0.258. The van der Waals surface area contributed by atoms with E-state index < -0.39 is 35.7 Å². The van der Waals surface area contributed by atoms with E-state index in [1.807, 2.05) is 24.3 Å². The summed E-state index contributed by atoms with van der Waals surface area (Å²) in [6.45, 7) is 1.34. The number of benzene rings is 2. The summed E-state index contributed by atoms with van der Waals surface area (Å²) < 4.78 is 5.17. The van der Waals surface area contributed by atoms with Crippen molar-refractivity contribution < 1.29 is 28.7 Å². The number of hydrogen-bond donors (Lipinski definition) is 2. The zero-order valence-electron chi connectivity index (χ0n) is 16.9. The minimum absolute atomic E-state index is 0.0240. The summed E-state index contributed by atoms with van der Waals surface area (Å²) in [4.78, 5) is 51.0. The van der Waals surface area contributed by atoms with Crippen LogP contribution in [-0.4, -0.2) is 46.7 Å². The number of carbonyl (C=O) groups excluding carboxylic acids is 4. The molecule has 0 aliphatic carbocycles. The predicted molar refractivity (Wildman–Crippen MR) is 111 cm³/mol. The first-order valence-corrected chi connectivity index (χ1v) is 9.47. The highest BCUT2D eigenvalue weighted by Crippen LogP contribution is 2.06. The summed E-state index contributed by atoms with van der Waals surface area (Å²) in [5.41, 5.74) is 9.94. The van der Waals surface area contributed by atoms with E-state index >= 15 is 0 Å². The third kappa shape index (κ3) is 7.68. The SMILES string of the molecule is C[C@H](NC(=O)[C@@H](Cc1ccccc1)NC(=O)OCc1ccccc1)C(=O)C(=O)C=[N+]=[N-]. The summed E-state index contributed by atoms with van der Waals surface area (Å²) in [5.74, 6) is -2.70. The fraction of sp³-hybridized carbons (Fsp3) is 0.227. The lowest BCUT2D eigenvalue weighted by molar-refractivity contribution is -0.136. The van der Waals surface area contributed by atoms with E-state index in [2.05, 4.69) is 15.4 Å². The number of carbonyl (C=O) groups is 4. The second-order valence-electron chi connectivity index (χ2n) is 6.65. The van der Waals surface area contributed by atoms with Gasteiger partial charge in [0.15, 0.2) is 0 Å². The molecule has 0 aliphatic heterocycles. The minimum Gasteiger partial charge on any atom is -0.445 e. The third-order valence-corrected chi connectivity index (χ3v) is 4.27. The predicted octanol–water partition coefficient (Wildman–Crippen LogP) is 1.47. The van der Waals surface area contributed by atoms with Gasteiger partial charge in [-0.1, -0.05) is 60.7 Å². The topological polar surface area (TPSA) is 138 Å². The normalized spacial score (nSPS) is 11.9. The molecule has 2 aromatic carbocycles.